The molecule has 0 atom stereocenters. The van der Waals surface area contributed by atoms with Gasteiger partial charge < -0.3 is 14.8 Å². The van der Waals surface area contributed by atoms with E-state index >= 15 is 0 Å². The van der Waals surface area contributed by atoms with Crippen molar-refractivity contribution >= 4 is 40.0 Å². The molecule has 27 heavy (non-hydrogen) atoms. The van der Waals surface area contributed by atoms with Crippen LogP contribution < -0.4 is 10.2 Å². The number of rotatable bonds is 7. The summed E-state index contributed by atoms with van der Waals surface area (Å²) in [5.41, 5.74) is 4.40. The van der Waals surface area contributed by atoms with E-state index in [0.717, 1.165) is 37.0 Å². The van der Waals surface area contributed by atoms with E-state index in [1.165, 1.54) is 5.69 Å². The molecule has 1 aromatic heterocycles. The summed E-state index contributed by atoms with van der Waals surface area (Å²) in [6.07, 6.45) is 2.19. The Morgan fingerprint density at radius 3 is 2.59 bits per heavy atom. The molecule has 0 unspecified atom stereocenters. The van der Waals surface area contributed by atoms with E-state index in [1.807, 2.05) is 19.2 Å². The monoisotopic (exact) mass is 381 g/mol. The molecule has 0 fully saturated rings. The van der Waals surface area contributed by atoms with Gasteiger partial charge in [-0.2, -0.15) is 5.26 Å². The molecule has 3 rings (SSSR count). The highest BCUT2D eigenvalue weighted by Crippen LogP contribution is 2.31. The van der Waals surface area contributed by atoms with Gasteiger partial charge in [-0.15, -0.1) is 0 Å². The summed E-state index contributed by atoms with van der Waals surface area (Å²) in [6.45, 7) is 6.42. The number of para-hydroxylation sites is 1. The fourth-order valence-corrected chi connectivity index (χ4v) is 3.52. The number of anilines is 3. The van der Waals surface area contributed by atoms with E-state index in [4.69, 9.17) is 16.6 Å². The summed E-state index contributed by atoms with van der Waals surface area (Å²) in [5, 5.41) is 13.2. The van der Waals surface area contributed by atoms with Crippen molar-refractivity contribution in [1.29, 1.82) is 5.26 Å². The second kappa shape index (κ2) is 8.32. The third-order valence-electron chi connectivity index (χ3n) is 4.55. The predicted octanol–water partition coefficient (Wildman–Crippen LogP) is 5.47. The number of benzene rings is 2. The zero-order chi connectivity index (χ0) is 19.4. The minimum Gasteiger partial charge on any atom is -0.370 e. The first kappa shape index (κ1) is 19.1. The smallest absolute Gasteiger partial charge is 0.208 e. The van der Waals surface area contributed by atoms with Crippen LogP contribution >= 0.6 is 11.6 Å². The Bertz CT molecular complexity index is 980. The highest BCUT2D eigenvalue weighted by Gasteiger charge is 2.16. The quantitative estimate of drug-likeness (QED) is 0.589. The van der Waals surface area contributed by atoms with Crippen LogP contribution in [0.15, 0.2) is 36.4 Å². The minimum absolute atomic E-state index is 0.494. The largest absolute Gasteiger partial charge is 0.370 e. The van der Waals surface area contributed by atoms with Crippen LogP contribution in [0, 0.1) is 11.3 Å². The molecule has 0 saturated heterocycles. The van der Waals surface area contributed by atoms with Gasteiger partial charge in [-0.3, -0.25) is 0 Å². The summed E-state index contributed by atoms with van der Waals surface area (Å²) < 4.78 is 2.05. The van der Waals surface area contributed by atoms with Crippen LogP contribution in [0.4, 0.5) is 17.3 Å². The lowest BCUT2D eigenvalue weighted by Crippen LogP contribution is -2.25. The lowest BCUT2D eigenvalue weighted by atomic mass is 10.2. The van der Waals surface area contributed by atoms with Crippen molar-refractivity contribution in [1.82, 2.24) is 9.55 Å². The van der Waals surface area contributed by atoms with Gasteiger partial charge in [0.05, 0.1) is 28.0 Å². The maximum Gasteiger partial charge on any atom is 0.208 e. The van der Waals surface area contributed by atoms with Gasteiger partial charge in [0.15, 0.2) is 0 Å². The van der Waals surface area contributed by atoms with Crippen molar-refractivity contribution < 1.29 is 0 Å². The second-order valence-electron chi connectivity index (χ2n) is 6.55. The van der Waals surface area contributed by atoms with E-state index in [1.54, 1.807) is 12.1 Å². The third-order valence-corrected chi connectivity index (χ3v) is 4.78. The maximum absolute atomic E-state index is 9.38. The molecule has 2 aromatic carbocycles. The second-order valence-corrected chi connectivity index (χ2v) is 6.99. The Morgan fingerprint density at radius 2 is 1.93 bits per heavy atom. The fraction of sp³-hybridized carbons (Fsp3) is 0.333. The van der Waals surface area contributed by atoms with Crippen LogP contribution in [0.1, 0.15) is 32.3 Å². The van der Waals surface area contributed by atoms with Gasteiger partial charge in [-0.1, -0.05) is 31.5 Å². The highest BCUT2D eigenvalue weighted by atomic mass is 35.5. The van der Waals surface area contributed by atoms with Crippen molar-refractivity contribution in [2.75, 3.05) is 23.3 Å². The number of hydrogen-bond donors (Lipinski definition) is 1. The van der Waals surface area contributed by atoms with Crippen LogP contribution in [0.3, 0.4) is 0 Å². The molecule has 0 amide bonds. The molecule has 0 aliphatic rings. The number of aromatic nitrogens is 2. The molecular weight excluding hydrogens is 358 g/mol. The average molecular weight is 382 g/mol. The average Bonchev–Trinajstić information content (AvgIpc) is 2.99. The van der Waals surface area contributed by atoms with Gasteiger partial charge >= 0.3 is 0 Å². The fourth-order valence-electron chi connectivity index (χ4n) is 3.35. The third kappa shape index (κ3) is 3.86. The number of fused-ring (bicyclic) bond motifs is 1. The van der Waals surface area contributed by atoms with Crippen molar-refractivity contribution in [3.05, 3.63) is 47.0 Å². The number of imidazole rings is 1. The maximum atomic E-state index is 9.38. The molecule has 1 heterocycles. The van der Waals surface area contributed by atoms with Crippen LogP contribution in [0.2, 0.25) is 5.02 Å². The van der Waals surface area contributed by atoms with Gasteiger partial charge in [0, 0.05) is 25.2 Å². The Hall–Kier alpha value is -2.71. The van der Waals surface area contributed by atoms with E-state index < -0.39 is 0 Å². The highest BCUT2D eigenvalue weighted by molar-refractivity contribution is 6.30. The normalized spacial score (nSPS) is 10.8. The van der Waals surface area contributed by atoms with Crippen LogP contribution in [0.25, 0.3) is 11.0 Å². The van der Waals surface area contributed by atoms with Crippen molar-refractivity contribution in [3.8, 4) is 6.07 Å². The Balaban J connectivity index is 2.06. The predicted molar refractivity (Wildman–Crippen MR) is 113 cm³/mol. The number of halogens is 1. The zero-order valence-corrected chi connectivity index (χ0v) is 16.7. The van der Waals surface area contributed by atoms with Gasteiger partial charge in [0.25, 0.3) is 0 Å². The van der Waals surface area contributed by atoms with Crippen molar-refractivity contribution in [2.24, 2.45) is 7.05 Å². The topological polar surface area (TPSA) is 56.9 Å². The number of nitrogens with one attached hydrogen (secondary N) is 1. The molecule has 0 aliphatic heterocycles. The number of nitrogens with zero attached hydrogens (tertiary/aromatic N) is 4. The van der Waals surface area contributed by atoms with Crippen LogP contribution in [-0.2, 0) is 7.05 Å². The summed E-state index contributed by atoms with van der Waals surface area (Å²) in [7, 11) is 2.00. The van der Waals surface area contributed by atoms with Crippen LogP contribution in [0.5, 0.6) is 0 Å². The van der Waals surface area contributed by atoms with E-state index in [0.29, 0.717) is 22.2 Å². The summed E-state index contributed by atoms with van der Waals surface area (Å²) >= 11 is 6.00. The standard InChI is InChI=1S/C21H24ClN5/c1-4-11-27(12-5-2)19-8-6-7-18-20(19)26(3)21(25-18)24-17-10-9-16(22)13-15(17)14-23/h6-10,13H,4-5,11-12H2,1-3H3,(H,24,25). The molecule has 0 aliphatic carbocycles. The van der Waals surface area contributed by atoms with Gasteiger partial charge in [-0.25, -0.2) is 4.98 Å². The number of aryl methyl sites for hydroxylation is 1. The summed E-state index contributed by atoms with van der Waals surface area (Å²) in [5.74, 6) is 0.698. The first-order valence-electron chi connectivity index (χ1n) is 9.26. The first-order chi connectivity index (χ1) is 13.1. The molecule has 5 nitrogen and oxygen atoms in total. The van der Waals surface area contributed by atoms with Crippen LogP contribution in [-0.4, -0.2) is 22.6 Å². The summed E-state index contributed by atoms with van der Waals surface area (Å²) in [4.78, 5) is 7.16. The lowest BCUT2D eigenvalue weighted by Gasteiger charge is -2.25. The Kier molecular flexibility index (Phi) is 5.88. The van der Waals surface area contributed by atoms with Crippen molar-refractivity contribution in [3.63, 3.8) is 0 Å². The number of nitriles is 1. The molecule has 0 saturated carbocycles. The van der Waals surface area contributed by atoms with Crippen molar-refractivity contribution in [2.45, 2.75) is 26.7 Å². The first-order valence-corrected chi connectivity index (χ1v) is 9.63. The van der Waals surface area contributed by atoms with E-state index in [-0.39, 0.29) is 0 Å². The molecule has 3 aromatic rings. The van der Waals surface area contributed by atoms with E-state index in [2.05, 4.69) is 46.8 Å². The number of hydrogen-bond acceptors (Lipinski definition) is 4. The minimum atomic E-state index is 0.494. The van der Waals surface area contributed by atoms with Gasteiger partial charge in [0.2, 0.25) is 5.95 Å². The van der Waals surface area contributed by atoms with E-state index in [9.17, 15) is 5.26 Å². The Labute approximate surface area is 165 Å². The lowest BCUT2D eigenvalue weighted by molar-refractivity contribution is 0.745. The SMILES string of the molecule is CCCN(CCC)c1cccc2nc(Nc3ccc(Cl)cc3C#N)n(C)c12. The molecule has 0 spiro atoms. The molecule has 0 radical (unpaired) electrons. The zero-order valence-electron chi connectivity index (χ0n) is 16.0. The summed E-state index contributed by atoms with van der Waals surface area (Å²) in [6, 6.07) is 13.6. The van der Waals surface area contributed by atoms with Gasteiger partial charge in [-0.05, 0) is 43.2 Å². The molecular formula is C21H24ClN5. The molecule has 140 valence electrons. The van der Waals surface area contributed by atoms with Gasteiger partial charge in [0.1, 0.15) is 6.07 Å². The molecule has 1 N–H and O–H groups in total. The molecule has 6 heteroatoms. The Morgan fingerprint density at radius 1 is 1.19 bits per heavy atom. The molecule has 0 bridgehead atoms.